The molecule has 1 aromatic rings. The van der Waals surface area contributed by atoms with Crippen LogP contribution in [-0.4, -0.2) is 22.0 Å². The first-order valence-electron chi connectivity index (χ1n) is 5.28. The number of rotatable bonds is 3. The van der Waals surface area contributed by atoms with E-state index in [1.54, 1.807) is 6.20 Å². The number of hydrogen-bond acceptors (Lipinski definition) is 4. The fourth-order valence-corrected chi connectivity index (χ4v) is 3.06. The lowest BCUT2D eigenvalue weighted by molar-refractivity contribution is 0.634. The Kier molecular flexibility index (Phi) is 3.05. The van der Waals surface area contributed by atoms with Gasteiger partial charge in [0.05, 0.1) is 5.69 Å². The SMILES string of the molecule is CC1(CNc2ncccc2N)CCCS1. The Morgan fingerprint density at radius 2 is 2.53 bits per heavy atom. The summed E-state index contributed by atoms with van der Waals surface area (Å²) in [6, 6.07) is 3.73. The molecule has 82 valence electrons. The van der Waals surface area contributed by atoms with Gasteiger partial charge in [-0.2, -0.15) is 11.8 Å². The van der Waals surface area contributed by atoms with Crippen LogP contribution < -0.4 is 11.1 Å². The first-order chi connectivity index (χ1) is 7.20. The molecule has 3 N–H and O–H groups in total. The second-order valence-electron chi connectivity index (χ2n) is 4.20. The molecule has 1 aliphatic rings. The van der Waals surface area contributed by atoms with E-state index in [2.05, 4.69) is 17.2 Å². The van der Waals surface area contributed by atoms with Gasteiger partial charge in [-0.15, -0.1) is 0 Å². The van der Waals surface area contributed by atoms with Crippen molar-refractivity contribution in [3.63, 3.8) is 0 Å². The fraction of sp³-hybridized carbons (Fsp3) is 0.545. The average molecular weight is 223 g/mol. The van der Waals surface area contributed by atoms with Crippen molar-refractivity contribution in [1.82, 2.24) is 4.98 Å². The second-order valence-corrected chi connectivity index (χ2v) is 5.88. The van der Waals surface area contributed by atoms with Crippen LogP contribution in [0.3, 0.4) is 0 Å². The first kappa shape index (κ1) is 10.6. The van der Waals surface area contributed by atoms with Crippen LogP contribution in [0.1, 0.15) is 19.8 Å². The van der Waals surface area contributed by atoms with E-state index >= 15 is 0 Å². The van der Waals surface area contributed by atoms with Gasteiger partial charge in [0.15, 0.2) is 0 Å². The third kappa shape index (κ3) is 2.56. The van der Waals surface area contributed by atoms with Crippen LogP contribution in [0.25, 0.3) is 0 Å². The topological polar surface area (TPSA) is 50.9 Å². The molecule has 0 radical (unpaired) electrons. The van der Waals surface area contributed by atoms with Crippen LogP contribution in [0.2, 0.25) is 0 Å². The van der Waals surface area contributed by atoms with Crippen LogP contribution in [-0.2, 0) is 0 Å². The molecule has 0 bridgehead atoms. The van der Waals surface area contributed by atoms with Gasteiger partial charge in [-0.25, -0.2) is 4.98 Å². The highest BCUT2D eigenvalue weighted by atomic mass is 32.2. The zero-order valence-corrected chi connectivity index (χ0v) is 9.81. The molecule has 15 heavy (non-hydrogen) atoms. The lowest BCUT2D eigenvalue weighted by Gasteiger charge is -2.23. The van der Waals surface area contributed by atoms with Gasteiger partial charge in [0.25, 0.3) is 0 Å². The molecule has 0 saturated carbocycles. The van der Waals surface area contributed by atoms with Crippen LogP contribution in [0.5, 0.6) is 0 Å². The molecule has 1 aromatic heterocycles. The van der Waals surface area contributed by atoms with Crippen molar-refractivity contribution in [2.45, 2.75) is 24.5 Å². The Morgan fingerprint density at radius 1 is 1.67 bits per heavy atom. The summed E-state index contributed by atoms with van der Waals surface area (Å²) in [6.45, 7) is 3.25. The normalized spacial score (nSPS) is 25.4. The third-order valence-electron chi connectivity index (χ3n) is 2.77. The smallest absolute Gasteiger partial charge is 0.149 e. The summed E-state index contributed by atoms with van der Waals surface area (Å²) in [5.74, 6) is 2.09. The minimum atomic E-state index is 0.351. The largest absolute Gasteiger partial charge is 0.396 e. The number of thioether (sulfide) groups is 1. The third-order valence-corrected chi connectivity index (χ3v) is 4.31. The van der Waals surface area contributed by atoms with E-state index in [0.717, 1.165) is 18.1 Å². The van der Waals surface area contributed by atoms with Crippen molar-refractivity contribution in [1.29, 1.82) is 0 Å². The van der Waals surface area contributed by atoms with Crippen molar-refractivity contribution in [2.75, 3.05) is 23.3 Å². The average Bonchev–Trinajstić information content (AvgIpc) is 2.65. The quantitative estimate of drug-likeness (QED) is 0.826. The van der Waals surface area contributed by atoms with Gasteiger partial charge in [-0.05, 0) is 37.7 Å². The van der Waals surface area contributed by atoms with Gasteiger partial charge in [-0.1, -0.05) is 0 Å². The minimum Gasteiger partial charge on any atom is -0.396 e. The van der Waals surface area contributed by atoms with Gasteiger partial charge in [0.1, 0.15) is 5.82 Å². The lowest BCUT2D eigenvalue weighted by Crippen LogP contribution is -2.27. The van der Waals surface area contributed by atoms with E-state index < -0.39 is 0 Å². The summed E-state index contributed by atoms with van der Waals surface area (Å²) < 4.78 is 0.351. The number of pyridine rings is 1. The van der Waals surface area contributed by atoms with Crippen LogP contribution >= 0.6 is 11.8 Å². The van der Waals surface area contributed by atoms with Crippen molar-refractivity contribution >= 4 is 23.3 Å². The molecule has 4 heteroatoms. The zero-order valence-electron chi connectivity index (χ0n) is 8.99. The molecule has 0 aromatic carbocycles. The fourth-order valence-electron chi connectivity index (χ4n) is 1.81. The zero-order chi connectivity index (χ0) is 10.7. The molecule has 0 amide bonds. The Morgan fingerprint density at radius 3 is 3.20 bits per heavy atom. The molecular formula is C11H17N3S. The minimum absolute atomic E-state index is 0.351. The highest BCUT2D eigenvalue weighted by Gasteiger charge is 2.29. The van der Waals surface area contributed by atoms with Crippen molar-refractivity contribution < 1.29 is 0 Å². The monoisotopic (exact) mass is 223 g/mol. The first-order valence-corrected chi connectivity index (χ1v) is 6.26. The Bertz CT molecular complexity index is 334. The molecule has 3 nitrogen and oxygen atoms in total. The number of nitrogens with one attached hydrogen (secondary N) is 1. The molecule has 1 fully saturated rings. The summed E-state index contributed by atoms with van der Waals surface area (Å²) >= 11 is 2.04. The Hall–Kier alpha value is -0.900. The van der Waals surface area contributed by atoms with Gasteiger partial charge in [0.2, 0.25) is 0 Å². The lowest BCUT2D eigenvalue weighted by atomic mass is 10.1. The van der Waals surface area contributed by atoms with E-state index in [0.29, 0.717) is 4.75 Å². The standard InChI is InChI=1S/C11H17N3S/c1-11(5-3-7-15-11)8-14-10-9(12)4-2-6-13-10/h2,4,6H,3,5,7-8,12H2,1H3,(H,13,14). The Balaban J connectivity index is 1.95. The molecule has 1 atom stereocenters. The summed E-state index contributed by atoms with van der Waals surface area (Å²) in [7, 11) is 0. The Labute approximate surface area is 94.8 Å². The number of nitrogens with zero attached hydrogens (tertiary/aromatic N) is 1. The molecule has 0 spiro atoms. The van der Waals surface area contributed by atoms with E-state index in [9.17, 15) is 0 Å². The summed E-state index contributed by atoms with van der Waals surface area (Å²) in [5, 5.41) is 3.34. The van der Waals surface area contributed by atoms with Crippen molar-refractivity contribution in [3.05, 3.63) is 18.3 Å². The molecule has 1 saturated heterocycles. The van der Waals surface area contributed by atoms with Crippen LogP contribution in [0.15, 0.2) is 18.3 Å². The highest BCUT2D eigenvalue weighted by molar-refractivity contribution is 8.00. The van der Waals surface area contributed by atoms with E-state index in [1.165, 1.54) is 18.6 Å². The van der Waals surface area contributed by atoms with E-state index in [-0.39, 0.29) is 0 Å². The van der Waals surface area contributed by atoms with Crippen LogP contribution in [0, 0.1) is 0 Å². The van der Waals surface area contributed by atoms with Gasteiger partial charge >= 0.3 is 0 Å². The maximum absolute atomic E-state index is 5.82. The number of anilines is 2. The second kappa shape index (κ2) is 4.31. The maximum Gasteiger partial charge on any atom is 0.149 e. The van der Waals surface area contributed by atoms with E-state index in [4.69, 9.17) is 5.73 Å². The molecule has 0 aliphatic carbocycles. The van der Waals surface area contributed by atoms with Gasteiger partial charge < -0.3 is 11.1 Å². The van der Waals surface area contributed by atoms with Gasteiger partial charge in [-0.3, -0.25) is 0 Å². The number of nitrogen functional groups attached to an aromatic ring is 1. The predicted octanol–water partition coefficient (Wildman–Crippen LogP) is 2.36. The number of aromatic nitrogens is 1. The predicted molar refractivity (Wildman–Crippen MR) is 67.2 cm³/mol. The summed E-state index contributed by atoms with van der Waals surface area (Å²) in [4.78, 5) is 4.22. The molecule has 1 unspecified atom stereocenters. The van der Waals surface area contributed by atoms with Crippen molar-refractivity contribution in [3.8, 4) is 0 Å². The number of hydrogen-bond donors (Lipinski definition) is 2. The molecule has 2 rings (SSSR count). The molecular weight excluding hydrogens is 206 g/mol. The van der Waals surface area contributed by atoms with E-state index in [1.807, 2.05) is 23.9 Å². The highest BCUT2D eigenvalue weighted by Crippen LogP contribution is 2.37. The summed E-state index contributed by atoms with van der Waals surface area (Å²) in [6.07, 6.45) is 4.36. The molecule has 2 heterocycles. The van der Waals surface area contributed by atoms with Crippen molar-refractivity contribution in [2.24, 2.45) is 0 Å². The van der Waals surface area contributed by atoms with Crippen LogP contribution in [0.4, 0.5) is 11.5 Å². The molecule has 1 aliphatic heterocycles. The maximum atomic E-state index is 5.82. The number of nitrogens with two attached hydrogens (primary N) is 1. The summed E-state index contributed by atoms with van der Waals surface area (Å²) in [5.41, 5.74) is 6.54. The van der Waals surface area contributed by atoms with Gasteiger partial charge in [0, 0.05) is 17.5 Å².